The largest absolute Gasteiger partial charge is 0.467 e. The Morgan fingerprint density at radius 2 is 1.58 bits per heavy atom. The summed E-state index contributed by atoms with van der Waals surface area (Å²) in [7, 11) is 1.28. The topological polar surface area (TPSA) is 46.5 Å². The minimum atomic E-state index is -1.66. The number of methoxy groups -OCH3 is 1. The Morgan fingerprint density at radius 1 is 1.05 bits per heavy atom. The predicted molar refractivity (Wildman–Crippen MR) is 72.5 cm³/mol. The highest BCUT2D eigenvalue weighted by atomic mass is 16.5. The molecule has 0 spiro atoms. The number of hydrogen-bond acceptors (Lipinski definition) is 3. The van der Waals surface area contributed by atoms with Crippen molar-refractivity contribution in [3.05, 3.63) is 71.8 Å². The molecule has 1 atom stereocenters. The highest BCUT2D eigenvalue weighted by Crippen LogP contribution is 2.27. The van der Waals surface area contributed by atoms with Crippen molar-refractivity contribution >= 4 is 5.97 Å². The fourth-order valence-electron chi connectivity index (χ4n) is 2.07. The second-order valence-electron chi connectivity index (χ2n) is 4.38. The number of rotatable bonds is 4. The smallest absolute Gasteiger partial charge is 0.342 e. The summed E-state index contributed by atoms with van der Waals surface area (Å²) in [5, 5.41) is 10.7. The fraction of sp³-hybridized carbons (Fsp3) is 0.188. The molecule has 0 heterocycles. The van der Waals surface area contributed by atoms with Crippen molar-refractivity contribution in [2.24, 2.45) is 0 Å². The zero-order chi connectivity index (χ0) is 13.7. The highest BCUT2D eigenvalue weighted by Gasteiger charge is 2.39. The van der Waals surface area contributed by atoms with E-state index in [4.69, 9.17) is 4.74 Å². The molecule has 0 fully saturated rings. The summed E-state index contributed by atoms with van der Waals surface area (Å²) in [5.41, 5.74) is -0.248. The average Bonchev–Trinajstić information content (AvgIpc) is 2.48. The van der Waals surface area contributed by atoms with Gasteiger partial charge in [0.05, 0.1) is 7.11 Å². The molecular weight excluding hydrogens is 240 g/mol. The third kappa shape index (κ3) is 2.83. The summed E-state index contributed by atoms with van der Waals surface area (Å²) in [6.45, 7) is 0. The van der Waals surface area contributed by atoms with E-state index in [0.717, 1.165) is 5.56 Å². The van der Waals surface area contributed by atoms with Crippen LogP contribution in [0.5, 0.6) is 0 Å². The molecule has 1 N–H and O–H groups in total. The predicted octanol–water partition coefficient (Wildman–Crippen LogP) is 2.29. The van der Waals surface area contributed by atoms with Gasteiger partial charge in [-0.15, -0.1) is 0 Å². The van der Waals surface area contributed by atoms with Gasteiger partial charge >= 0.3 is 5.97 Å². The lowest BCUT2D eigenvalue weighted by Gasteiger charge is -2.25. The Labute approximate surface area is 112 Å². The maximum atomic E-state index is 12.0. The van der Waals surface area contributed by atoms with Crippen LogP contribution in [-0.2, 0) is 21.6 Å². The molecule has 98 valence electrons. The van der Waals surface area contributed by atoms with Gasteiger partial charge < -0.3 is 9.84 Å². The lowest BCUT2D eigenvalue weighted by atomic mass is 9.87. The number of esters is 1. The molecule has 2 aromatic rings. The number of hydrogen-bond donors (Lipinski definition) is 1. The monoisotopic (exact) mass is 256 g/mol. The number of carbonyl (C=O) groups is 1. The molecule has 0 saturated heterocycles. The SMILES string of the molecule is COC(=O)[C@](O)(Cc1ccccc1)c1ccccc1. The molecule has 19 heavy (non-hydrogen) atoms. The third-order valence-corrected chi connectivity index (χ3v) is 3.08. The van der Waals surface area contributed by atoms with Crippen LogP contribution < -0.4 is 0 Å². The molecule has 2 rings (SSSR count). The zero-order valence-electron chi connectivity index (χ0n) is 10.7. The molecule has 0 radical (unpaired) electrons. The van der Waals surface area contributed by atoms with E-state index in [1.165, 1.54) is 7.11 Å². The van der Waals surface area contributed by atoms with Crippen molar-refractivity contribution in [2.45, 2.75) is 12.0 Å². The molecule has 0 aliphatic carbocycles. The number of benzene rings is 2. The lowest BCUT2D eigenvalue weighted by molar-refractivity contribution is -0.163. The quantitative estimate of drug-likeness (QED) is 0.854. The third-order valence-electron chi connectivity index (χ3n) is 3.08. The van der Waals surface area contributed by atoms with Crippen molar-refractivity contribution in [1.29, 1.82) is 0 Å². The van der Waals surface area contributed by atoms with Crippen LogP contribution in [0, 0.1) is 0 Å². The van der Waals surface area contributed by atoms with Crippen molar-refractivity contribution in [3.63, 3.8) is 0 Å². The van der Waals surface area contributed by atoms with E-state index in [9.17, 15) is 9.90 Å². The zero-order valence-corrected chi connectivity index (χ0v) is 10.7. The minimum Gasteiger partial charge on any atom is -0.467 e. The van der Waals surface area contributed by atoms with Gasteiger partial charge in [-0.1, -0.05) is 60.7 Å². The summed E-state index contributed by atoms with van der Waals surface area (Å²) < 4.78 is 4.75. The summed E-state index contributed by atoms with van der Waals surface area (Å²) in [4.78, 5) is 12.0. The Hall–Kier alpha value is -2.13. The number of ether oxygens (including phenoxy) is 1. The van der Waals surface area contributed by atoms with E-state index in [1.54, 1.807) is 24.3 Å². The lowest BCUT2D eigenvalue weighted by Crippen LogP contribution is -2.39. The summed E-state index contributed by atoms with van der Waals surface area (Å²) >= 11 is 0. The van der Waals surface area contributed by atoms with Crippen molar-refractivity contribution in [2.75, 3.05) is 7.11 Å². The highest BCUT2D eigenvalue weighted by molar-refractivity contribution is 5.81. The second kappa shape index (κ2) is 5.67. The van der Waals surface area contributed by atoms with Crippen LogP contribution in [0.25, 0.3) is 0 Å². The molecule has 0 aliphatic heterocycles. The van der Waals surface area contributed by atoms with Gasteiger partial charge in [0.25, 0.3) is 0 Å². The second-order valence-corrected chi connectivity index (χ2v) is 4.38. The first-order chi connectivity index (χ1) is 9.16. The fourth-order valence-corrected chi connectivity index (χ4v) is 2.07. The molecule has 3 nitrogen and oxygen atoms in total. The Morgan fingerprint density at radius 3 is 2.11 bits per heavy atom. The Bertz CT molecular complexity index is 536. The van der Waals surface area contributed by atoms with Crippen molar-refractivity contribution in [3.8, 4) is 0 Å². The van der Waals surface area contributed by atoms with Crippen molar-refractivity contribution < 1.29 is 14.6 Å². The molecule has 0 bridgehead atoms. The van der Waals surface area contributed by atoms with E-state index in [2.05, 4.69) is 0 Å². The van der Waals surface area contributed by atoms with Crippen LogP contribution in [0.15, 0.2) is 60.7 Å². The first kappa shape index (κ1) is 13.3. The van der Waals surface area contributed by atoms with Gasteiger partial charge in [-0.25, -0.2) is 4.79 Å². The van der Waals surface area contributed by atoms with Crippen LogP contribution in [0.4, 0.5) is 0 Å². The van der Waals surface area contributed by atoms with Crippen LogP contribution >= 0.6 is 0 Å². The molecule has 2 aromatic carbocycles. The van der Waals surface area contributed by atoms with Gasteiger partial charge in [0.1, 0.15) is 0 Å². The van der Waals surface area contributed by atoms with Crippen LogP contribution in [0.2, 0.25) is 0 Å². The molecular formula is C16H16O3. The van der Waals surface area contributed by atoms with E-state index in [-0.39, 0.29) is 6.42 Å². The van der Waals surface area contributed by atoms with Gasteiger partial charge in [0, 0.05) is 6.42 Å². The minimum absolute atomic E-state index is 0.185. The number of carbonyl (C=O) groups excluding carboxylic acids is 1. The van der Waals surface area contributed by atoms with E-state index in [0.29, 0.717) is 5.56 Å². The summed E-state index contributed by atoms with van der Waals surface area (Å²) in [6.07, 6.45) is 0.185. The van der Waals surface area contributed by atoms with Crippen LogP contribution in [-0.4, -0.2) is 18.2 Å². The maximum Gasteiger partial charge on any atom is 0.342 e. The Balaban J connectivity index is 2.39. The summed E-state index contributed by atoms with van der Waals surface area (Å²) in [6, 6.07) is 18.2. The normalized spacial score (nSPS) is 13.6. The standard InChI is InChI=1S/C16H16O3/c1-19-15(17)16(18,14-10-6-3-7-11-14)12-13-8-4-2-5-9-13/h2-11,18H,12H2,1H3/t16-/m0/s1. The molecule has 0 aromatic heterocycles. The van der Waals surface area contributed by atoms with Crippen LogP contribution in [0.3, 0.4) is 0 Å². The van der Waals surface area contributed by atoms with E-state index >= 15 is 0 Å². The number of aliphatic hydroxyl groups is 1. The molecule has 3 heteroatoms. The van der Waals surface area contributed by atoms with Gasteiger partial charge in [0.2, 0.25) is 0 Å². The molecule has 0 amide bonds. The summed E-state index contributed by atoms with van der Waals surface area (Å²) in [5.74, 6) is -0.650. The first-order valence-corrected chi connectivity index (χ1v) is 6.07. The van der Waals surface area contributed by atoms with Gasteiger partial charge in [-0.3, -0.25) is 0 Å². The van der Waals surface area contributed by atoms with E-state index < -0.39 is 11.6 Å². The Kier molecular flexibility index (Phi) is 3.97. The van der Waals surface area contributed by atoms with Gasteiger partial charge in [-0.2, -0.15) is 0 Å². The van der Waals surface area contributed by atoms with Gasteiger partial charge in [-0.05, 0) is 11.1 Å². The molecule has 0 unspecified atom stereocenters. The maximum absolute atomic E-state index is 12.0. The average molecular weight is 256 g/mol. The molecule has 0 aliphatic rings. The van der Waals surface area contributed by atoms with Crippen LogP contribution in [0.1, 0.15) is 11.1 Å². The van der Waals surface area contributed by atoms with Crippen molar-refractivity contribution in [1.82, 2.24) is 0 Å². The van der Waals surface area contributed by atoms with Gasteiger partial charge in [0.15, 0.2) is 5.60 Å². The molecule has 0 saturated carbocycles. The first-order valence-electron chi connectivity index (χ1n) is 6.07. The van der Waals surface area contributed by atoms with E-state index in [1.807, 2.05) is 36.4 Å².